The molecule has 2 aliphatic rings. The zero-order chi connectivity index (χ0) is 15.9. The Morgan fingerprint density at radius 2 is 2.32 bits per heavy atom. The molecule has 1 saturated heterocycles. The number of rotatable bonds is 3. The minimum Gasteiger partial charge on any atom is -0.481 e. The number of urea groups is 1. The molecule has 0 aromatic carbocycles. The van der Waals surface area contributed by atoms with Crippen LogP contribution in [0.4, 0.5) is 10.6 Å². The predicted molar refractivity (Wildman–Crippen MR) is 80.6 cm³/mol. The van der Waals surface area contributed by atoms with Gasteiger partial charge in [-0.05, 0) is 25.2 Å². The number of aliphatic carboxylic acids is 1. The Balaban J connectivity index is 1.71. The van der Waals surface area contributed by atoms with Crippen LogP contribution in [0.25, 0.3) is 0 Å². The zero-order valence-electron chi connectivity index (χ0n) is 13.0. The first kappa shape index (κ1) is 14.9. The van der Waals surface area contributed by atoms with Crippen LogP contribution in [-0.4, -0.2) is 44.9 Å². The molecular weight excluding hydrogens is 284 g/mol. The largest absolute Gasteiger partial charge is 0.481 e. The molecule has 120 valence electrons. The van der Waals surface area contributed by atoms with Crippen LogP contribution in [0.15, 0.2) is 6.07 Å². The summed E-state index contributed by atoms with van der Waals surface area (Å²) in [6.07, 6.45) is 3.30. The molecule has 2 N–H and O–H groups in total. The number of hydrogen-bond acceptors (Lipinski definition) is 3. The molecule has 7 nitrogen and oxygen atoms in total. The summed E-state index contributed by atoms with van der Waals surface area (Å²) in [5, 5.41) is 16.7. The number of hydrogen-bond donors (Lipinski definition) is 2. The lowest BCUT2D eigenvalue weighted by atomic mass is 9.81. The van der Waals surface area contributed by atoms with Gasteiger partial charge in [0.05, 0.1) is 11.1 Å². The number of anilines is 1. The molecule has 2 heterocycles. The molecular formula is C15H22N4O3. The monoisotopic (exact) mass is 306 g/mol. The van der Waals surface area contributed by atoms with E-state index in [1.165, 1.54) is 0 Å². The fourth-order valence-electron chi connectivity index (χ4n) is 3.80. The molecule has 2 amide bonds. The summed E-state index contributed by atoms with van der Waals surface area (Å²) in [6, 6.07) is 1.61. The normalized spacial score (nSPS) is 27.0. The summed E-state index contributed by atoms with van der Waals surface area (Å²) in [7, 11) is 1.78. The lowest BCUT2D eigenvalue weighted by Gasteiger charge is -2.23. The standard InChI is InChI=1S/C15H22N4O3/c1-3-11-7-12(18(2)17-11)16-14(22)19-8-10-5-4-6-15(10,9-19)13(20)21/h7,10H,3-6,8-9H2,1-2H3,(H,16,22)(H,20,21)/t10-,15+/m0/s1. The highest BCUT2D eigenvalue weighted by Crippen LogP contribution is 2.48. The highest BCUT2D eigenvalue weighted by atomic mass is 16.4. The lowest BCUT2D eigenvalue weighted by molar-refractivity contribution is -0.149. The Kier molecular flexibility index (Phi) is 3.58. The van der Waals surface area contributed by atoms with Crippen molar-refractivity contribution >= 4 is 17.8 Å². The van der Waals surface area contributed by atoms with Crippen molar-refractivity contribution in [1.82, 2.24) is 14.7 Å². The number of carbonyl (C=O) groups is 2. The Hall–Kier alpha value is -2.05. The number of carboxylic acids is 1. The number of carbonyl (C=O) groups excluding carboxylic acids is 1. The zero-order valence-corrected chi connectivity index (χ0v) is 13.0. The fraction of sp³-hybridized carbons (Fsp3) is 0.667. The van der Waals surface area contributed by atoms with Gasteiger partial charge >= 0.3 is 12.0 Å². The molecule has 1 saturated carbocycles. The molecule has 2 fully saturated rings. The quantitative estimate of drug-likeness (QED) is 0.889. The van der Waals surface area contributed by atoms with Crippen LogP contribution in [0.2, 0.25) is 0 Å². The fourth-order valence-corrected chi connectivity index (χ4v) is 3.80. The first-order chi connectivity index (χ1) is 10.5. The third-order valence-electron chi connectivity index (χ3n) is 5.11. The topological polar surface area (TPSA) is 87.5 Å². The summed E-state index contributed by atoms with van der Waals surface area (Å²) >= 11 is 0. The second-order valence-corrected chi connectivity index (χ2v) is 6.36. The second kappa shape index (κ2) is 5.30. The molecule has 1 aromatic heterocycles. The summed E-state index contributed by atoms with van der Waals surface area (Å²) in [5.41, 5.74) is 0.177. The van der Waals surface area contributed by atoms with Crippen LogP contribution in [0.3, 0.4) is 0 Å². The number of fused-ring (bicyclic) bond motifs is 1. The average molecular weight is 306 g/mol. The van der Waals surface area contributed by atoms with Gasteiger partial charge in [0.1, 0.15) is 5.82 Å². The number of amides is 2. The van der Waals surface area contributed by atoms with Crippen LogP contribution in [0.5, 0.6) is 0 Å². The Labute approximate surface area is 129 Å². The minimum atomic E-state index is -0.765. The van der Waals surface area contributed by atoms with Gasteiger partial charge < -0.3 is 10.0 Å². The Morgan fingerprint density at radius 1 is 1.55 bits per heavy atom. The van der Waals surface area contributed by atoms with Gasteiger partial charge in [-0.3, -0.25) is 14.8 Å². The molecule has 0 spiro atoms. The third kappa shape index (κ3) is 2.24. The number of nitrogens with zero attached hydrogens (tertiary/aromatic N) is 3. The van der Waals surface area contributed by atoms with Gasteiger partial charge in [0, 0.05) is 26.2 Å². The highest BCUT2D eigenvalue weighted by molar-refractivity contribution is 5.90. The van der Waals surface area contributed by atoms with E-state index in [4.69, 9.17) is 0 Å². The highest BCUT2D eigenvalue weighted by Gasteiger charge is 2.55. The van der Waals surface area contributed by atoms with Crippen molar-refractivity contribution in [3.63, 3.8) is 0 Å². The lowest BCUT2D eigenvalue weighted by Crippen LogP contribution is -2.39. The van der Waals surface area contributed by atoms with Crippen molar-refractivity contribution < 1.29 is 14.7 Å². The van der Waals surface area contributed by atoms with Crippen LogP contribution >= 0.6 is 0 Å². The van der Waals surface area contributed by atoms with E-state index in [0.717, 1.165) is 25.0 Å². The molecule has 1 aliphatic heterocycles. The predicted octanol–water partition coefficient (Wildman–Crippen LogP) is 1.70. The van der Waals surface area contributed by atoms with Crippen LogP contribution in [0.1, 0.15) is 31.9 Å². The van der Waals surface area contributed by atoms with Crippen molar-refractivity contribution in [3.8, 4) is 0 Å². The maximum atomic E-state index is 12.4. The summed E-state index contributed by atoms with van der Waals surface area (Å²) in [5.74, 6) is -0.0455. The molecule has 7 heteroatoms. The smallest absolute Gasteiger partial charge is 0.323 e. The summed E-state index contributed by atoms with van der Waals surface area (Å²) in [4.78, 5) is 25.7. The maximum absolute atomic E-state index is 12.4. The van der Waals surface area contributed by atoms with Gasteiger partial charge in [0.25, 0.3) is 0 Å². The number of carboxylic acid groups (broad SMARTS) is 1. The van der Waals surface area contributed by atoms with E-state index in [1.54, 1.807) is 16.6 Å². The molecule has 1 aliphatic carbocycles. The van der Waals surface area contributed by atoms with Crippen molar-refractivity contribution in [2.45, 2.75) is 32.6 Å². The first-order valence-electron chi connectivity index (χ1n) is 7.78. The molecule has 0 unspecified atom stereocenters. The van der Waals surface area contributed by atoms with Crippen LogP contribution < -0.4 is 5.32 Å². The van der Waals surface area contributed by atoms with E-state index < -0.39 is 11.4 Å². The number of aryl methyl sites for hydroxylation is 2. The van der Waals surface area contributed by atoms with Crippen LogP contribution in [0, 0.1) is 11.3 Å². The van der Waals surface area contributed by atoms with Crippen molar-refractivity contribution in [2.24, 2.45) is 18.4 Å². The van der Waals surface area contributed by atoms with Crippen molar-refractivity contribution in [2.75, 3.05) is 18.4 Å². The van der Waals surface area contributed by atoms with Gasteiger partial charge in [-0.15, -0.1) is 0 Å². The van der Waals surface area contributed by atoms with Crippen LogP contribution in [-0.2, 0) is 18.3 Å². The van der Waals surface area contributed by atoms with Crippen molar-refractivity contribution in [3.05, 3.63) is 11.8 Å². The number of nitrogens with one attached hydrogen (secondary N) is 1. The van der Waals surface area contributed by atoms with E-state index in [2.05, 4.69) is 10.4 Å². The van der Waals surface area contributed by atoms with Gasteiger partial charge in [-0.1, -0.05) is 13.3 Å². The average Bonchev–Trinajstić information content (AvgIpc) is 3.11. The van der Waals surface area contributed by atoms with Gasteiger partial charge in [-0.25, -0.2) is 4.79 Å². The Bertz CT molecular complexity index is 612. The minimum absolute atomic E-state index is 0.0773. The first-order valence-corrected chi connectivity index (χ1v) is 7.78. The van der Waals surface area contributed by atoms with Crippen molar-refractivity contribution in [1.29, 1.82) is 0 Å². The number of likely N-dealkylation sites (tertiary alicyclic amines) is 1. The molecule has 3 rings (SSSR count). The van der Waals surface area contributed by atoms with Gasteiger partial charge in [0.15, 0.2) is 0 Å². The Morgan fingerprint density at radius 3 is 2.91 bits per heavy atom. The van der Waals surface area contributed by atoms with E-state index in [-0.39, 0.29) is 11.9 Å². The molecule has 22 heavy (non-hydrogen) atoms. The van der Waals surface area contributed by atoms with E-state index in [9.17, 15) is 14.7 Å². The maximum Gasteiger partial charge on any atom is 0.323 e. The van der Waals surface area contributed by atoms with Gasteiger partial charge in [0.2, 0.25) is 0 Å². The van der Waals surface area contributed by atoms with E-state index in [1.807, 2.05) is 13.0 Å². The molecule has 0 bridgehead atoms. The van der Waals surface area contributed by atoms with E-state index in [0.29, 0.717) is 25.3 Å². The number of aromatic nitrogens is 2. The summed E-state index contributed by atoms with van der Waals surface area (Å²) < 4.78 is 1.64. The van der Waals surface area contributed by atoms with E-state index >= 15 is 0 Å². The second-order valence-electron chi connectivity index (χ2n) is 6.36. The molecule has 2 atom stereocenters. The molecule has 0 radical (unpaired) electrons. The summed E-state index contributed by atoms with van der Waals surface area (Å²) in [6.45, 7) is 2.83. The molecule has 1 aromatic rings. The van der Waals surface area contributed by atoms with Gasteiger partial charge in [-0.2, -0.15) is 5.10 Å². The SMILES string of the molecule is CCc1cc(NC(=O)N2C[C@@H]3CCC[C@@]3(C(=O)O)C2)n(C)n1. The third-order valence-corrected chi connectivity index (χ3v) is 5.11.